The number of halogens is 1. The van der Waals surface area contributed by atoms with E-state index in [-0.39, 0.29) is 12.0 Å². The predicted molar refractivity (Wildman–Crippen MR) is 94.7 cm³/mol. The Morgan fingerprint density at radius 3 is 3.25 bits per heavy atom. The second-order valence-electron chi connectivity index (χ2n) is 5.47. The first-order valence-corrected chi connectivity index (χ1v) is 8.78. The molecule has 4 rings (SSSR count). The van der Waals surface area contributed by atoms with Crippen molar-refractivity contribution >= 4 is 39.9 Å². The minimum Gasteiger partial charge on any atom is -0.488 e. The molecule has 24 heavy (non-hydrogen) atoms. The van der Waals surface area contributed by atoms with Crippen molar-refractivity contribution in [1.82, 2.24) is 14.7 Å². The first-order valence-electron chi connectivity index (χ1n) is 7.52. The van der Waals surface area contributed by atoms with Crippen LogP contribution >= 0.6 is 22.9 Å². The molecule has 0 spiro atoms. The van der Waals surface area contributed by atoms with E-state index in [1.807, 2.05) is 40.2 Å². The van der Waals surface area contributed by atoms with Crippen molar-refractivity contribution in [3.8, 4) is 5.75 Å². The maximum Gasteiger partial charge on any atom is 0.244 e. The molecule has 5 nitrogen and oxygen atoms in total. The maximum absolute atomic E-state index is 12.0. The lowest BCUT2D eigenvalue weighted by atomic mass is 10.1. The second-order valence-corrected chi connectivity index (χ2v) is 6.70. The van der Waals surface area contributed by atoms with Crippen LogP contribution in [0.15, 0.2) is 41.9 Å². The molecule has 0 radical (unpaired) electrons. The van der Waals surface area contributed by atoms with Crippen LogP contribution in [0, 0.1) is 0 Å². The average molecular weight is 360 g/mol. The number of nitrogens with zero attached hydrogens (tertiary/aromatic N) is 2. The summed E-state index contributed by atoms with van der Waals surface area (Å²) in [6.45, 7) is 0.464. The van der Waals surface area contributed by atoms with Gasteiger partial charge in [0.25, 0.3) is 0 Å². The largest absolute Gasteiger partial charge is 0.488 e. The van der Waals surface area contributed by atoms with Crippen LogP contribution in [-0.2, 0) is 11.2 Å². The number of nitrogens with one attached hydrogen (secondary N) is 1. The fourth-order valence-electron chi connectivity index (χ4n) is 2.72. The highest BCUT2D eigenvalue weighted by molar-refractivity contribution is 7.15. The first-order chi connectivity index (χ1) is 11.7. The molecule has 1 aromatic carbocycles. The smallest absolute Gasteiger partial charge is 0.244 e. The molecule has 0 saturated heterocycles. The van der Waals surface area contributed by atoms with Crippen LogP contribution in [0.4, 0.5) is 0 Å². The molecule has 2 aromatic heterocycles. The molecule has 0 unspecified atom stereocenters. The van der Waals surface area contributed by atoms with Gasteiger partial charge >= 0.3 is 0 Å². The summed E-state index contributed by atoms with van der Waals surface area (Å²) >= 11 is 7.59. The number of fused-ring (bicyclic) bond motifs is 2. The van der Waals surface area contributed by atoms with Gasteiger partial charge in [0.1, 0.15) is 11.9 Å². The number of para-hydroxylation sites is 1. The summed E-state index contributed by atoms with van der Waals surface area (Å²) < 4.78 is 7.66. The van der Waals surface area contributed by atoms with Crippen LogP contribution in [-0.4, -0.2) is 27.9 Å². The predicted octanol–water partition coefficient (Wildman–Crippen LogP) is 3.18. The lowest BCUT2D eigenvalue weighted by Gasteiger charge is -2.10. The number of benzene rings is 1. The van der Waals surface area contributed by atoms with E-state index in [1.54, 1.807) is 6.08 Å². The number of aromatic nitrogens is 2. The van der Waals surface area contributed by atoms with Crippen molar-refractivity contribution in [3.05, 3.63) is 58.3 Å². The van der Waals surface area contributed by atoms with Gasteiger partial charge in [0.2, 0.25) is 5.91 Å². The summed E-state index contributed by atoms with van der Waals surface area (Å²) in [7, 11) is 0. The van der Waals surface area contributed by atoms with Crippen molar-refractivity contribution in [3.63, 3.8) is 0 Å². The SMILES string of the molecule is O=C(/C=C/c1c(Cl)nc2sccn12)NC[C@H]1Cc2ccccc2O1. The van der Waals surface area contributed by atoms with Gasteiger partial charge in [-0.1, -0.05) is 29.8 Å². The third-order valence-electron chi connectivity index (χ3n) is 3.86. The minimum atomic E-state index is -0.184. The van der Waals surface area contributed by atoms with E-state index in [2.05, 4.69) is 10.3 Å². The molecule has 3 heterocycles. The van der Waals surface area contributed by atoms with Crippen LogP contribution in [0.5, 0.6) is 5.75 Å². The Hall–Kier alpha value is -2.31. The van der Waals surface area contributed by atoms with Crippen molar-refractivity contribution in [2.24, 2.45) is 0 Å². The number of hydrogen-bond donors (Lipinski definition) is 1. The van der Waals surface area contributed by atoms with Gasteiger partial charge in [-0.3, -0.25) is 9.20 Å². The number of ether oxygens (including phenoxy) is 1. The minimum absolute atomic E-state index is 0.0260. The molecule has 0 bridgehead atoms. The van der Waals surface area contributed by atoms with E-state index < -0.39 is 0 Å². The maximum atomic E-state index is 12.0. The zero-order valence-corrected chi connectivity index (χ0v) is 14.2. The fourth-order valence-corrected chi connectivity index (χ4v) is 3.73. The Labute approximate surface area is 147 Å². The Morgan fingerprint density at radius 2 is 2.38 bits per heavy atom. The van der Waals surface area contributed by atoms with Crippen LogP contribution in [0.2, 0.25) is 5.15 Å². The number of carbonyl (C=O) groups is 1. The standard InChI is InChI=1S/C17H14ClN3O2S/c18-16-13(21-7-8-24-17(21)20-16)5-6-15(22)19-10-12-9-11-3-1-2-4-14(11)23-12/h1-8,12H,9-10H2,(H,19,22)/b6-5+/t12-/m1/s1. The summed E-state index contributed by atoms with van der Waals surface area (Å²) in [5.74, 6) is 0.717. The van der Waals surface area contributed by atoms with Gasteiger partial charge in [0, 0.05) is 24.1 Å². The van der Waals surface area contributed by atoms with E-state index in [9.17, 15) is 4.79 Å². The lowest BCUT2D eigenvalue weighted by molar-refractivity contribution is -0.116. The van der Waals surface area contributed by atoms with E-state index >= 15 is 0 Å². The lowest BCUT2D eigenvalue weighted by Crippen LogP contribution is -2.33. The van der Waals surface area contributed by atoms with Crippen LogP contribution in [0.25, 0.3) is 11.0 Å². The Balaban J connectivity index is 1.36. The van der Waals surface area contributed by atoms with Crippen LogP contribution in [0.1, 0.15) is 11.3 Å². The highest BCUT2D eigenvalue weighted by atomic mass is 35.5. The van der Waals surface area contributed by atoms with Crippen molar-refractivity contribution in [1.29, 1.82) is 0 Å². The summed E-state index contributed by atoms with van der Waals surface area (Å²) in [5, 5.41) is 5.17. The van der Waals surface area contributed by atoms with E-state index in [0.717, 1.165) is 17.1 Å². The molecule has 3 aromatic rings. The third-order valence-corrected chi connectivity index (χ3v) is 4.90. The molecular weight excluding hydrogens is 346 g/mol. The number of hydrogen-bond acceptors (Lipinski definition) is 4. The Morgan fingerprint density at radius 1 is 1.50 bits per heavy atom. The van der Waals surface area contributed by atoms with Gasteiger partial charge in [-0.05, 0) is 17.7 Å². The first kappa shape index (κ1) is 15.2. The molecule has 122 valence electrons. The summed E-state index contributed by atoms with van der Waals surface area (Å²) in [6.07, 6.45) is 5.80. The highest BCUT2D eigenvalue weighted by Gasteiger charge is 2.22. The topological polar surface area (TPSA) is 55.6 Å². The summed E-state index contributed by atoms with van der Waals surface area (Å²) in [4.78, 5) is 17.1. The third kappa shape index (κ3) is 2.90. The molecule has 1 N–H and O–H groups in total. The molecule has 1 amide bonds. The van der Waals surface area contributed by atoms with Gasteiger partial charge in [0.05, 0.1) is 12.2 Å². The van der Waals surface area contributed by atoms with E-state index in [0.29, 0.717) is 17.4 Å². The van der Waals surface area contributed by atoms with Crippen molar-refractivity contribution in [2.75, 3.05) is 6.54 Å². The quantitative estimate of drug-likeness (QED) is 0.728. The molecule has 1 aliphatic heterocycles. The zero-order chi connectivity index (χ0) is 16.5. The highest BCUT2D eigenvalue weighted by Crippen LogP contribution is 2.27. The number of carbonyl (C=O) groups excluding carboxylic acids is 1. The zero-order valence-electron chi connectivity index (χ0n) is 12.6. The monoisotopic (exact) mass is 359 g/mol. The van der Waals surface area contributed by atoms with Gasteiger partial charge in [-0.2, -0.15) is 0 Å². The Kier molecular flexibility index (Phi) is 4.00. The Bertz CT molecular complexity index is 906. The van der Waals surface area contributed by atoms with Gasteiger partial charge < -0.3 is 10.1 Å². The molecule has 0 aliphatic carbocycles. The molecular formula is C17H14ClN3O2S. The number of imidazole rings is 1. The van der Waals surface area contributed by atoms with Gasteiger partial charge in [-0.15, -0.1) is 11.3 Å². The molecule has 7 heteroatoms. The van der Waals surface area contributed by atoms with Crippen LogP contribution in [0.3, 0.4) is 0 Å². The van der Waals surface area contributed by atoms with Gasteiger partial charge in [-0.25, -0.2) is 4.98 Å². The van der Waals surface area contributed by atoms with Gasteiger partial charge in [0.15, 0.2) is 10.1 Å². The molecule has 0 saturated carbocycles. The average Bonchev–Trinajstić information content (AvgIpc) is 3.25. The van der Waals surface area contributed by atoms with Crippen molar-refractivity contribution < 1.29 is 9.53 Å². The second kappa shape index (κ2) is 6.30. The van der Waals surface area contributed by atoms with E-state index in [4.69, 9.17) is 16.3 Å². The fraction of sp³-hybridized carbons (Fsp3) is 0.176. The number of rotatable bonds is 4. The summed E-state index contributed by atoms with van der Waals surface area (Å²) in [5.41, 5.74) is 1.88. The summed E-state index contributed by atoms with van der Waals surface area (Å²) in [6, 6.07) is 7.94. The number of thiazole rings is 1. The van der Waals surface area contributed by atoms with E-state index in [1.165, 1.54) is 23.0 Å². The van der Waals surface area contributed by atoms with Crippen molar-refractivity contribution in [2.45, 2.75) is 12.5 Å². The molecule has 0 fully saturated rings. The normalized spacial score (nSPS) is 16.5. The number of amides is 1. The molecule has 1 atom stereocenters. The van der Waals surface area contributed by atoms with Crippen LogP contribution < -0.4 is 10.1 Å². The molecule has 1 aliphatic rings.